The largest absolute Gasteiger partial charge is 0.459 e. The van der Waals surface area contributed by atoms with E-state index in [9.17, 15) is 28.8 Å². The summed E-state index contributed by atoms with van der Waals surface area (Å²) in [5.74, 6) is -6.96. The number of esters is 5. The molecule has 3 bridgehead atoms. The summed E-state index contributed by atoms with van der Waals surface area (Å²) in [4.78, 5) is 79.8. The summed E-state index contributed by atoms with van der Waals surface area (Å²) in [6.07, 6.45) is -3.69. The van der Waals surface area contributed by atoms with Crippen molar-refractivity contribution < 1.29 is 57.2 Å². The summed E-state index contributed by atoms with van der Waals surface area (Å²) < 4.78 is 36.0. The van der Waals surface area contributed by atoms with E-state index < -0.39 is 101 Å². The van der Waals surface area contributed by atoms with Crippen LogP contribution >= 0.6 is 0 Å². The highest BCUT2D eigenvalue weighted by atomic mass is 16.6. The Labute approximate surface area is 286 Å². The van der Waals surface area contributed by atoms with E-state index in [1.807, 2.05) is 0 Å². The first-order valence-electron chi connectivity index (χ1n) is 16.3. The van der Waals surface area contributed by atoms with Gasteiger partial charge < -0.3 is 28.4 Å². The number of hydrogen-bond donors (Lipinski definition) is 0. The van der Waals surface area contributed by atoms with E-state index in [1.54, 1.807) is 71.9 Å². The summed E-state index contributed by atoms with van der Waals surface area (Å²) in [5, 5.41) is 0. The maximum Gasteiger partial charge on any atom is 0.338 e. The monoisotopic (exact) mass is 682 g/mol. The second-order valence-electron chi connectivity index (χ2n) is 14.3. The Hall–Kier alpha value is -4.32. The van der Waals surface area contributed by atoms with Crippen molar-refractivity contribution in [2.75, 3.05) is 0 Å². The van der Waals surface area contributed by atoms with Gasteiger partial charge in [-0.2, -0.15) is 0 Å². The van der Waals surface area contributed by atoms with Crippen molar-refractivity contribution in [1.82, 2.24) is 0 Å². The van der Waals surface area contributed by atoms with Gasteiger partial charge in [-0.15, -0.1) is 0 Å². The molecule has 0 aromatic heterocycles. The number of ether oxygens (including phenoxy) is 6. The zero-order chi connectivity index (χ0) is 36.6. The zero-order valence-electron chi connectivity index (χ0n) is 29.5. The fourth-order valence-corrected chi connectivity index (χ4v) is 7.03. The minimum atomic E-state index is -1.66. The van der Waals surface area contributed by atoms with Gasteiger partial charge >= 0.3 is 29.8 Å². The minimum absolute atomic E-state index is 0.128. The van der Waals surface area contributed by atoms with E-state index in [1.165, 1.54) is 26.0 Å². The van der Waals surface area contributed by atoms with Crippen LogP contribution in [-0.2, 0) is 52.4 Å². The molecule has 1 aromatic carbocycles. The van der Waals surface area contributed by atoms with E-state index in [-0.39, 0.29) is 17.6 Å². The molecule has 2 aliphatic carbocycles. The van der Waals surface area contributed by atoms with Crippen molar-refractivity contribution in [3.8, 4) is 0 Å². The summed E-state index contributed by atoms with van der Waals surface area (Å²) in [7, 11) is 0. The lowest BCUT2D eigenvalue weighted by Crippen LogP contribution is -2.79. The number of Topliss-reactive ketones (excluding diaryl/α,β-unsaturated/α-hetero) is 1. The quantitative estimate of drug-likeness (QED) is 0.226. The molecule has 0 amide bonds. The number of benzene rings is 1. The first-order valence-corrected chi connectivity index (χ1v) is 16.3. The molecule has 2 saturated heterocycles. The first kappa shape index (κ1) is 37.5. The number of ketones is 1. The molecule has 12 heteroatoms. The summed E-state index contributed by atoms with van der Waals surface area (Å²) >= 11 is 0. The first-order chi connectivity index (χ1) is 22.7. The predicted octanol–water partition coefficient (Wildman–Crippen LogP) is 4.48. The van der Waals surface area contributed by atoms with Crippen LogP contribution in [0.15, 0.2) is 54.6 Å². The van der Waals surface area contributed by atoms with Crippen LogP contribution in [0.2, 0.25) is 0 Å². The lowest BCUT2D eigenvalue weighted by atomic mass is 9.56. The maximum absolute atomic E-state index is 14.8. The molecule has 49 heavy (non-hydrogen) atoms. The van der Waals surface area contributed by atoms with Crippen molar-refractivity contribution in [3.63, 3.8) is 0 Å². The van der Waals surface area contributed by atoms with E-state index in [2.05, 4.69) is 6.58 Å². The van der Waals surface area contributed by atoms with Crippen molar-refractivity contribution in [1.29, 1.82) is 0 Å². The van der Waals surface area contributed by atoms with Gasteiger partial charge in [0.1, 0.15) is 29.3 Å². The molecule has 0 radical (unpaired) electrons. The average Bonchev–Trinajstić information content (AvgIpc) is 2.99. The van der Waals surface area contributed by atoms with Gasteiger partial charge in [-0.3, -0.25) is 24.0 Å². The van der Waals surface area contributed by atoms with Crippen LogP contribution in [0, 0.1) is 23.2 Å². The standard InChI is InChI=1S/C37H46O12/c1-19(2)33(42)47-27-21(4)28(48-34(43)25-14-12-11-13-15-25)29(44-22(5)38)32(46-24(7)40)35(8,9)17-16-20(3)37-18-36(10,49-37)31(45-23(6)39)26(27)30(37)41/h11-17,19-20,26-29,31-32H,4,18H2,1-3,5-10H3/t20-,26?,27-,28-,29+,31+,32+,36+,37+/m0/s1. The van der Waals surface area contributed by atoms with E-state index in [0.717, 1.165) is 6.92 Å². The van der Waals surface area contributed by atoms with Crippen LogP contribution in [-0.4, -0.2) is 77.4 Å². The molecule has 1 saturated carbocycles. The molecule has 2 heterocycles. The van der Waals surface area contributed by atoms with Crippen LogP contribution in [0.25, 0.3) is 0 Å². The normalized spacial score (nSPS) is 33.6. The van der Waals surface area contributed by atoms with Crippen LogP contribution < -0.4 is 0 Å². The molecule has 3 fully saturated rings. The molecular weight excluding hydrogens is 636 g/mol. The van der Waals surface area contributed by atoms with E-state index in [4.69, 9.17) is 28.4 Å². The summed E-state index contributed by atoms with van der Waals surface area (Å²) in [6.45, 7) is 17.9. The SMILES string of the molecule is C=C1[C@H](OC(=O)C(C)C)C2C(=O)[C@@]3(C[C@@](C)(O3)[C@@H]2OC(C)=O)[C@@H](C)C=CC(C)(C)[C@H](OC(C)=O)[C@H](OC(C)=O)[C@H]1OC(=O)c1ccccc1. The topological polar surface area (TPSA) is 158 Å². The Morgan fingerprint density at radius 3 is 1.92 bits per heavy atom. The van der Waals surface area contributed by atoms with Crippen molar-refractivity contribution >= 4 is 35.6 Å². The van der Waals surface area contributed by atoms with Crippen molar-refractivity contribution in [2.24, 2.45) is 23.2 Å². The van der Waals surface area contributed by atoms with Gasteiger partial charge in [0.25, 0.3) is 0 Å². The Balaban J connectivity index is 2.05. The lowest BCUT2D eigenvalue weighted by Gasteiger charge is -2.65. The van der Waals surface area contributed by atoms with Crippen molar-refractivity contribution in [3.05, 3.63) is 60.2 Å². The molecule has 2 aliphatic heterocycles. The number of rotatable bonds is 7. The third kappa shape index (κ3) is 7.34. The van der Waals surface area contributed by atoms with Gasteiger partial charge in [0.2, 0.25) is 0 Å². The smallest absolute Gasteiger partial charge is 0.338 e. The number of carbonyl (C=O) groups is 6. The molecule has 12 nitrogen and oxygen atoms in total. The highest BCUT2D eigenvalue weighted by Gasteiger charge is 2.74. The molecule has 266 valence electrons. The molecule has 4 aliphatic rings. The van der Waals surface area contributed by atoms with Gasteiger partial charge in [-0.05, 0) is 19.1 Å². The van der Waals surface area contributed by atoms with E-state index in [0.29, 0.717) is 0 Å². The Kier molecular flexibility index (Phi) is 10.6. The molecule has 9 atom stereocenters. The number of hydrogen-bond acceptors (Lipinski definition) is 12. The molecule has 1 unspecified atom stereocenters. The van der Waals surface area contributed by atoms with Crippen molar-refractivity contribution in [2.45, 2.75) is 110 Å². The lowest BCUT2D eigenvalue weighted by molar-refractivity contribution is -0.331. The minimum Gasteiger partial charge on any atom is -0.459 e. The molecule has 1 aromatic rings. The predicted molar refractivity (Wildman–Crippen MR) is 174 cm³/mol. The second-order valence-corrected chi connectivity index (χ2v) is 14.3. The summed E-state index contributed by atoms with van der Waals surface area (Å²) in [6, 6.07) is 7.96. The fourth-order valence-electron chi connectivity index (χ4n) is 7.03. The highest BCUT2D eigenvalue weighted by molar-refractivity contribution is 5.95. The van der Waals surface area contributed by atoms with Gasteiger partial charge in [-0.1, -0.05) is 71.5 Å². The van der Waals surface area contributed by atoms with Crippen LogP contribution in [0.5, 0.6) is 0 Å². The maximum atomic E-state index is 14.8. The Bertz CT molecular complexity index is 1530. The summed E-state index contributed by atoms with van der Waals surface area (Å²) in [5.41, 5.74) is -3.73. The molecule has 0 N–H and O–H groups in total. The molecule has 5 rings (SSSR count). The van der Waals surface area contributed by atoms with Gasteiger partial charge in [-0.25, -0.2) is 4.79 Å². The zero-order valence-corrected chi connectivity index (χ0v) is 29.5. The van der Waals surface area contributed by atoms with Crippen LogP contribution in [0.1, 0.15) is 79.1 Å². The third-order valence-corrected chi connectivity index (χ3v) is 9.46. The third-order valence-electron chi connectivity index (χ3n) is 9.46. The number of carbonyl (C=O) groups excluding carboxylic acids is 6. The molecule has 1 spiro atoms. The van der Waals surface area contributed by atoms with Gasteiger partial charge in [0, 0.05) is 44.1 Å². The van der Waals surface area contributed by atoms with Crippen LogP contribution in [0.4, 0.5) is 0 Å². The Morgan fingerprint density at radius 1 is 0.837 bits per heavy atom. The average molecular weight is 683 g/mol. The fraction of sp³-hybridized carbons (Fsp3) is 0.568. The van der Waals surface area contributed by atoms with Gasteiger partial charge in [0.05, 0.1) is 11.5 Å². The van der Waals surface area contributed by atoms with Crippen LogP contribution in [0.3, 0.4) is 0 Å². The Morgan fingerprint density at radius 2 is 1.39 bits per heavy atom. The van der Waals surface area contributed by atoms with E-state index >= 15 is 0 Å². The molecular formula is C37H46O12. The second kappa shape index (κ2) is 13.9. The van der Waals surface area contributed by atoms with Gasteiger partial charge in [0.15, 0.2) is 24.1 Å². The highest BCUT2D eigenvalue weighted by Crippen LogP contribution is 2.58.